The van der Waals surface area contributed by atoms with Crippen LogP contribution in [0.5, 0.6) is 0 Å². The number of carbonyl (C=O) groups excluding carboxylic acids is 1. The number of aromatic nitrogens is 1. The maximum atomic E-state index is 12.6. The molecule has 0 atom stereocenters. The molecule has 0 saturated carbocycles. The van der Waals surface area contributed by atoms with E-state index in [4.69, 9.17) is 0 Å². The van der Waals surface area contributed by atoms with Crippen LogP contribution in [0.15, 0.2) is 42.7 Å². The Morgan fingerprint density at radius 3 is 2.29 bits per heavy atom. The Kier molecular flexibility index (Phi) is 2.75. The third kappa shape index (κ3) is 2.22. The number of nitrogens with one attached hydrogen (secondary N) is 1. The van der Waals surface area contributed by atoms with Crippen molar-refractivity contribution in [2.24, 2.45) is 0 Å². The Hall–Kier alpha value is -2.04. The molecule has 1 N–H and O–H groups in total. The minimum Gasteiger partial charge on any atom is -0.366 e. The zero-order valence-electron chi connectivity index (χ0n) is 8.58. The highest BCUT2D eigenvalue weighted by atomic mass is 19.4. The number of hydrogen-bond acceptors (Lipinski definition) is 1. The summed E-state index contributed by atoms with van der Waals surface area (Å²) in [5.41, 5.74) is -1.06. The van der Waals surface area contributed by atoms with Gasteiger partial charge < -0.3 is 4.98 Å². The molecule has 0 aliphatic heterocycles. The van der Waals surface area contributed by atoms with Crippen molar-refractivity contribution in [2.45, 2.75) is 6.18 Å². The first kappa shape index (κ1) is 11.4. The first-order chi connectivity index (χ1) is 8.00. The molecule has 0 aliphatic carbocycles. The van der Waals surface area contributed by atoms with E-state index < -0.39 is 17.5 Å². The standard InChI is InChI=1S/C12H8F3NO/c13-12(14,15)10-7-16-6-9(10)11(17)8-4-2-1-3-5-8/h1-7,16H. The van der Waals surface area contributed by atoms with Gasteiger partial charge in [-0.2, -0.15) is 13.2 Å². The number of halogens is 3. The Bertz CT molecular complexity index is 528. The zero-order chi connectivity index (χ0) is 12.5. The van der Waals surface area contributed by atoms with Crippen LogP contribution in [0.1, 0.15) is 21.5 Å². The van der Waals surface area contributed by atoms with Crippen molar-refractivity contribution < 1.29 is 18.0 Å². The third-order valence-corrected chi connectivity index (χ3v) is 2.33. The Morgan fingerprint density at radius 1 is 1.06 bits per heavy atom. The lowest BCUT2D eigenvalue weighted by atomic mass is 10.0. The Labute approximate surface area is 95.1 Å². The topological polar surface area (TPSA) is 32.9 Å². The molecular weight excluding hydrogens is 231 g/mol. The van der Waals surface area contributed by atoms with Crippen molar-refractivity contribution in [2.75, 3.05) is 0 Å². The molecule has 0 saturated heterocycles. The first-order valence-electron chi connectivity index (χ1n) is 4.84. The highest BCUT2D eigenvalue weighted by molar-refractivity contribution is 6.09. The van der Waals surface area contributed by atoms with Crippen molar-refractivity contribution in [3.8, 4) is 0 Å². The summed E-state index contributed by atoms with van der Waals surface area (Å²) in [4.78, 5) is 14.2. The second-order valence-corrected chi connectivity index (χ2v) is 3.48. The zero-order valence-corrected chi connectivity index (χ0v) is 8.58. The lowest BCUT2D eigenvalue weighted by Gasteiger charge is -2.06. The fourth-order valence-electron chi connectivity index (χ4n) is 1.53. The summed E-state index contributed by atoms with van der Waals surface area (Å²) in [7, 11) is 0. The number of H-pyrrole nitrogens is 1. The van der Waals surface area contributed by atoms with Gasteiger partial charge in [-0.1, -0.05) is 30.3 Å². The van der Waals surface area contributed by atoms with Crippen molar-refractivity contribution in [3.63, 3.8) is 0 Å². The van der Waals surface area contributed by atoms with Crippen LogP contribution in [-0.2, 0) is 6.18 Å². The lowest BCUT2D eigenvalue weighted by Crippen LogP contribution is -2.11. The average Bonchev–Trinajstić information content (AvgIpc) is 2.78. The van der Waals surface area contributed by atoms with Gasteiger partial charge in [-0.15, -0.1) is 0 Å². The normalized spacial score (nSPS) is 11.5. The molecule has 0 fully saturated rings. The summed E-state index contributed by atoms with van der Waals surface area (Å²) in [6.45, 7) is 0. The van der Waals surface area contributed by atoms with Crippen LogP contribution < -0.4 is 0 Å². The van der Waals surface area contributed by atoms with Crippen molar-refractivity contribution in [1.29, 1.82) is 0 Å². The number of rotatable bonds is 2. The predicted octanol–water partition coefficient (Wildman–Crippen LogP) is 3.26. The van der Waals surface area contributed by atoms with Gasteiger partial charge in [-0.05, 0) is 0 Å². The summed E-state index contributed by atoms with van der Waals surface area (Å²) in [6, 6.07) is 7.86. The van der Waals surface area contributed by atoms with Crippen LogP contribution in [0, 0.1) is 0 Å². The molecule has 0 aliphatic rings. The molecular formula is C12H8F3NO. The van der Waals surface area contributed by atoms with E-state index in [0.717, 1.165) is 12.4 Å². The molecule has 1 aromatic heterocycles. The van der Waals surface area contributed by atoms with Gasteiger partial charge in [0, 0.05) is 18.0 Å². The van der Waals surface area contributed by atoms with Crippen LogP contribution in [0.2, 0.25) is 0 Å². The molecule has 17 heavy (non-hydrogen) atoms. The highest BCUT2D eigenvalue weighted by Gasteiger charge is 2.36. The molecule has 0 amide bonds. The van der Waals surface area contributed by atoms with Crippen LogP contribution >= 0.6 is 0 Å². The van der Waals surface area contributed by atoms with Gasteiger partial charge in [-0.3, -0.25) is 4.79 Å². The van der Waals surface area contributed by atoms with E-state index in [-0.39, 0.29) is 11.1 Å². The van der Waals surface area contributed by atoms with Gasteiger partial charge in [0.05, 0.1) is 11.1 Å². The second-order valence-electron chi connectivity index (χ2n) is 3.48. The van der Waals surface area contributed by atoms with E-state index in [1.54, 1.807) is 18.2 Å². The van der Waals surface area contributed by atoms with E-state index in [9.17, 15) is 18.0 Å². The molecule has 2 rings (SSSR count). The fraction of sp³-hybridized carbons (Fsp3) is 0.0833. The van der Waals surface area contributed by atoms with Crippen LogP contribution in [0.25, 0.3) is 0 Å². The molecule has 0 spiro atoms. The van der Waals surface area contributed by atoms with Gasteiger partial charge in [0.15, 0.2) is 5.78 Å². The number of ketones is 1. The molecule has 5 heteroatoms. The average molecular weight is 239 g/mol. The number of aromatic amines is 1. The summed E-state index contributed by atoms with van der Waals surface area (Å²) < 4.78 is 37.8. The summed E-state index contributed by atoms with van der Waals surface area (Å²) in [6.07, 6.45) is -2.67. The van der Waals surface area contributed by atoms with Crippen molar-refractivity contribution in [3.05, 3.63) is 59.4 Å². The molecule has 1 aromatic carbocycles. The molecule has 1 heterocycles. The van der Waals surface area contributed by atoms with E-state index in [2.05, 4.69) is 4.98 Å². The van der Waals surface area contributed by atoms with Gasteiger partial charge in [0.25, 0.3) is 0 Å². The van der Waals surface area contributed by atoms with E-state index in [0.29, 0.717) is 0 Å². The smallest absolute Gasteiger partial charge is 0.366 e. The van der Waals surface area contributed by atoms with E-state index in [1.165, 1.54) is 12.1 Å². The summed E-state index contributed by atoms with van der Waals surface area (Å²) >= 11 is 0. The van der Waals surface area contributed by atoms with Crippen molar-refractivity contribution in [1.82, 2.24) is 4.98 Å². The molecule has 2 nitrogen and oxygen atoms in total. The minimum absolute atomic E-state index is 0.234. The number of hydrogen-bond donors (Lipinski definition) is 1. The van der Waals surface area contributed by atoms with Gasteiger partial charge in [0.1, 0.15) is 0 Å². The quantitative estimate of drug-likeness (QED) is 0.801. The molecule has 2 aromatic rings. The highest BCUT2D eigenvalue weighted by Crippen LogP contribution is 2.32. The van der Waals surface area contributed by atoms with E-state index >= 15 is 0 Å². The molecule has 88 valence electrons. The van der Waals surface area contributed by atoms with Gasteiger partial charge in [-0.25, -0.2) is 0 Å². The van der Waals surface area contributed by atoms with Crippen molar-refractivity contribution >= 4 is 5.78 Å². The predicted molar refractivity (Wildman–Crippen MR) is 55.7 cm³/mol. The van der Waals surface area contributed by atoms with Crippen LogP contribution in [-0.4, -0.2) is 10.8 Å². The second kappa shape index (κ2) is 4.08. The molecule has 0 bridgehead atoms. The first-order valence-corrected chi connectivity index (χ1v) is 4.84. The number of benzene rings is 1. The largest absolute Gasteiger partial charge is 0.418 e. The monoisotopic (exact) mass is 239 g/mol. The lowest BCUT2D eigenvalue weighted by molar-refractivity contribution is -0.137. The van der Waals surface area contributed by atoms with Crippen LogP contribution in [0.3, 0.4) is 0 Å². The molecule has 0 radical (unpaired) electrons. The van der Waals surface area contributed by atoms with E-state index in [1.807, 2.05) is 0 Å². The summed E-state index contributed by atoms with van der Waals surface area (Å²) in [5, 5.41) is 0. The fourth-order valence-corrected chi connectivity index (χ4v) is 1.53. The maximum Gasteiger partial charge on any atom is 0.418 e. The Morgan fingerprint density at radius 2 is 1.71 bits per heavy atom. The maximum absolute atomic E-state index is 12.6. The Balaban J connectivity index is 2.43. The SMILES string of the molecule is O=C(c1ccccc1)c1c[nH]cc1C(F)(F)F. The van der Waals surface area contributed by atoms with Crippen LogP contribution in [0.4, 0.5) is 13.2 Å². The van der Waals surface area contributed by atoms with Gasteiger partial charge >= 0.3 is 6.18 Å². The number of carbonyl (C=O) groups is 1. The minimum atomic E-state index is -4.53. The third-order valence-electron chi connectivity index (χ3n) is 2.33. The number of alkyl halides is 3. The summed E-state index contributed by atoms with van der Waals surface area (Å²) in [5.74, 6) is -0.640. The molecule has 0 unspecified atom stereocenters. The van der Waals surface area contributed by atoms with Gasteiger partial charge in [0.2, 0.25) is 0 Å².